The van der Waals surface area contributed by atoms with Gasteiger partial charge in [0.15, 0.2) is 0 Å². The monoisotopic (exact) mass is 394 g/mol. The molecule has 29 heavy (non-hydrogen) atoms. The minimum Gasteiger partial charge on any atom is -0.490 e. The molecule has 152 valence electrons. The number of aryl methyl sites for hydroxylation is 1. The lowest BCUT2D eigenvalue weighted by molar-refractivity contribution is 0.00472. The summed E-state index contributed by atoms with van der Waals surface area (Å²) in [6.45, 7) is 3.83. The fourth-order valence-corrected chi connectivity index (χ4v) is 3.73. The first-order chi connectivity index (χ1) is 14.1. The van der Waals surface area contributed by atoms with Crippen LogP contribution >= 0.6 is 0 Å². The van der Waals surface area contributed by atoms with E-state index in [0.29, 0.717) is 25.5 Å². The number of morpholine rings is 1. The maximum Gasteiger partial charge on any atom is 0.250 e. The number of fused-ring (bicyclic) bond motifs is 1. The average molecular weight is 394 g/mol. The molecular weight excluding hydrogens is 368 g/mol. The van der Waals surface area contributed by atoms with Gasteiger partial charge in [-0.25, -0.2) is 0 Å². The zero-order chi connectivity index (χ0) is 20.2. The van der Waals surface area contributed by atoms with Crippen LogP contribution in [0.1, 0.15) is 0 Å². The summed E-state index contributed by atoms with van der Waals surface area (Å²) >= 11 is 0. The molecule has 1 atom stereocenters. The van der Waals surface area contributed by atoms with E-state index in [4.69, 9.17) is 9.47 Å². The predicted molar refractivity (Wildman–Crippen MR) is 113 cm³/mol. The van der Waals surface area contributed by atoms with Crippen LogP contribution < -0.4 is 10.3 Å². The molecule has 1 saturated heterocycles. The third kappa shape index (κ3) is 4.50. The third-order valence-corrected chi connectivity index (χ3v) is 5.27. The Kier molecular flexibility index (Phi) is 5.94. The molecule has 1 aliphatic heterocycles. The number of rotatable bonds is 6. The van der Waals surface area contributed by atoms with Crippen LogP contribution in [0.15, 0.2) is 59.5 Å². The van der Waals surface area contributed by atoms with Gasteiger partial charge in [0.2, 0.25) is 5.56 Å². The van der Waals surface area contributed by atoms with E-state index in [1.54, 1.807) is 17.7 Å². The summed E-state index contributed by atoms with van der Waals surface area (Å²) in [5.74, 6) is 0.698. The molecule has 6 heteroatoms. The summed E-state index contributed by atoms with van der Waals surface area (Å²) in [5, 5.41) is 12.6. The van der Waals surface area contributed by atoms with Crippen molar-refractivity contribution in [2.45, 2.75) is 6.10 Å². The molecule has 2 aromatic carbocycles. The number of pyridine rings is 1. The Morgan fingerprint density at radius 2 is 1.90 bits per heavy atom. The summed E-state index contributed by atoms with van der Waals surface area (Å²) < 4.78 is 13.0. The molecule has 0 aliphatic carbocycles. The Morgan fingerprint density at radius 1 is 1.10 bits per heavy atom. The van der Waals surface area contributed by atoms with Crippen molar-refractivity contribution in [3.05, 3.63) is 65.1 Å². The number of hydrogen-bond donors (Lipinski definition) is 1. The zero-order valence-electron chi connectivity index (χ0n) is 16.6. The molecule has 2 heterocycles. The van der Waals surface area contributed by atoms with Gasteiger partial charge in [-0.05, 0) is 22.9 Å². The van der Waals surface area contributed by atoms with E-state index >= 15 is 0 Å². The largest absolute Gasteiger partial charge is 0.490 e. The second kappa shape index (κ2) is 8.78. The maximum atomic E-state index is 11.8. The minimum atomic E-state index is -0.590. The van der Waals surface area contributed by atoms with Gasteiger partial charge in [-0.15, -0.1) is 0 Å². The fraction of sp³-hybridized carbons (Fsp3) is 0.348. The van der Waals surface area contributed by atoms with Gasteiger partial charge in [-0.3, -0.25) is 9.69 Å². The normalized spacial score (nSPS) is 16.1. The summed E-state index contributed by atoms with van der Waals surface area (Å²) in [7, 11) is 1.74. The molecule has 0 bridgehead atoms. The van der Waals surface area contributed by atoms with Crippen molar-refractivity contribution in [3.8, 4) is 16.9 Å². The summed E-state index contributed by atoms with van der Waals surface area (Å²) in [5.41, 5.74) is 1.77. The van der Waals surface area contributed by atoms with Crippen LogP contribution in [0.4, 0.5) is 0 Å². The third-order valence-electron chi connectivity index (χ3n) is 5.27. The lowest BCUT2D eigenvalue weighted by Gasteiger charge is -2.28. The molecule has 1 aromatic heterocycles. The molecule has 1 unspecified atom stereocenters. The Hall–Kier alpha value is -2.67. The number of aliphatic hydroxyl groups excluding tert-OH is 1. The predicted octanol–water partition coefficient (Wildman–Crippen LogP) is 2.28. The van der Waals surface area contributed by atoms with Gasteiger partial charge in [0.1, 0.15) is 18.5 Å². The molecule has 0 radical (unpaired) electrons. The first-order valence-corrected chi connectivity index (χ1v) is 9.91. The molecular formula is C23H26N2O4. The van der Waals surface area contributed by atoms with Crippen LogP contribution in [-0.2, 0) is 11.8 Å². The van der Waals surface area contributed by atoms with E-state index in [2.05, 4.69) is 11.0 Å². The lowest BCUT2D eigenvalue weighted by Crippen LogP contribution is -2.42. The average Bonchev–Trinajstić information content (AvgIpc) is 2.74. The van der Waals surface area contributed by atoms with Gasteiger partial charge in [-0.2, -0.15) is 0 Å². The van der Waals surface area contributed by atoms with Crippen molar-refractivity contribution in [2.75, 3.05) is 39.5 Å². The number of β-amino-alcohol motifs (C(OH)–C–C–N with tert-alkyl or cyclic N) is 1. The molecule has 1 N–H and O–H groups in total. The number of benzene rings is 2. The number of hydrogen-bond acceptors (Lipinski definition) is 5. The van der Waals surface area contributed by atoms with Crippen molar-refractivity contribution in [1.82, 2.24) is 9.47 Å². The fourth-order valence-electron chi connectivity index (χ4n) is 3.73. The van der Waals surface area contributed by atoms with Gasteiger partial charge in [0, 0.05) is 50.1 Å². The standard InChI is InChI=1S/C23H26N2O4/c1-24-14-18(7-9-22(24)27)23-20-5-3-2-4-17(20)6-8-21(23)29-16-19(26)15-25-10-12-28-13-11-25/h2-9,14,19,26H,10-13,15-16H2,1H3. The van der Waals surface area contributed by atoms with Gasteiger partial charge in [-0.1, -0.05) is 30.3 Å². The Labute approximate surface area is 169 Å². The highest BCUT2D eigenvalue weighted by atomic mass is 16.5. The molecule has 1 fully saturated rings. The molecule has 6 nitrogen and oxygen atoms in total. The van der Waals surface area contributed by atoms with Crippen LogP contribution in [0, 0.1) is 0 Å². The highest BCUT2D eigenvalue weighted by Crippen LogP contribution is 2.36. The first-order valence-electron chi connectivity index (χ1n) is 9.91. The highest BCUT2D eigenvalue weighted by molar-refractivity contribution is 5.99. The summed E-state index contributed by atoms with van der Waals surface area (Å²) in [6, 6.07) is 15.4. The summed E-state index contributed by atoms with van der Waals surface area (Å²) in [4.78, 5) is 14.0. The van der Waals surface area contributed by atoms with Crippen molar-refractivity contribution in [3.63, 3.8) is 0 Å². The maximum absolute atomic E-state index is 11.8. The zero-order valence-corrected chi connectivity index (χ0v) is 16.6. The Morgan fingerprint density at radius 3 is 2.69 bits per heavy atom. The first kappa shape index (κ1) is 19.6. The van der Waals surface area contributed by atoms with E-state index in [0.717, 1.165) is 35.0 Å². The molecule has 0 amide bonds. The number of nitrogens with zero attached hydrogens (tertiary/aromatic N) is 2. The van der Waals surface area contributed by atoms with Crippen LogP contribution in [0.5, 0.6) is 5.75 Å². The molecule has 4 rings (SSSR count). The number of aliphatic hydroxyl groups is 1. The smallest absolute Gasteiger partial charge is 0.250 e. The van der Waals surface area contributed by atoms with Crippen molar-refractivity contribution in [1.29, 1.82) is 0 Å². The van der Waals surface area contributed by atoms with E-state index in [1.807, 2.05) is 42.6 Å². The van der Waals surface area contributed by atoms with Gasteiger partial charge < -0.3 is 19.1 Å². The topological polar surface area (TPSA) is 63.9 Å². The lowest BCUT2D eigenvalue weighted by atomic mass is 9.98. The molecule has 1 aliphatic rings. The minimum absolute atomic E-state index is 0.0580. The Bertz CT molecular complexity index is 1040. The number of ether oxygens (including phenoxy) is 2. The van der Waals surface area contributed by atoms with Gasteiger partial charge >= 0.3 is 0 Å². The quantitative estimate of drug-likeness (QED) is 0.695. The highest BCUT2D eigenvalue weighted by Gasteiger charge is 2.17. The van der Waals surface area contributed by atoms with E-state index in [1.165, 1.54) is 0 Å². The number of aromatic nitrogens is 1. The van der Waals surface area contributed by atoms with Gasteiger partial charge in [0.05, 0.1) is 13.2 Å². The molecule has 0 spiro atoms. The van der Waals surface area contributed by atoms with Crippen molar-refractivity contribution >= 4 is 10.8 Å². The van der Waals surface area contributed by atoms with Crippen molar-refractivity contribution < 1.29 is 14.6 Å². The van der Waals surface area contributed by atoms with Crippen LogP contribution in [0.25, 0.3) is 21.9 Å². The van der Waals surface area contributed by atoms with E-state index < -0.39 is 6.10 Å². The van der Waals surface area contributed by atoms with E-state index in [9.17, 15) is 9.90 Å². The van der Waals surface area contributed by atoms with Crippen molar-refractivity contribution in [2.24, 2.45) is 7.05 Å². The summed E-state index contributed by atoms with van der Waals surface area (Å²) in [6.07, 6.45) is 1.23. The van der Waals surface area contributed by atoms with E-state index in [-0.39, 0.29) is 12.2 Å². The van der Waals surface area contributed by atoms with Crippen LogP contribution in [-0.4, -0.2) is 60.1 Å². The van der Waals surface area contributed by atoms with Crippen LogP contribution in [0.2, 0.25) is 0 Å². The Balaban J connectivity index is 1.61. The van der Waals surface area contributed by atoms with Crippen LogP contribution in [0.3, 0.4) is 0 Å². The second-order valence-corrected chi connectivity index (χ2v) is 7.40. The second-order valence-electron chi connectivity index (χ2n) is 7.40. The van der Waals surface area contributed by atoms with Gasteiger partial charge in [0.25, 0.3) is 0 Å². The molecule has 3 aromatic rings. The molecule has 0 saturated carbocycles. The SMILES string of the molecule is Cn1cc(-c2c(OCC(O)CN3CCOCC3)ccc3ccccc23)ccc1=O.